The molecule has 3 rings (SSSR count). The smallest absolute Gasteiger partial charge is 0.237 e. The summed E-state index contributed by atoms with van der Waals surface area (Å²) in [6, 6.07) is 9.05. The Bertz CT molecular complexity index is 583. The maximum Gasteiger partial charge on any atom is 0.237 e. The summed E-state index contributed by atoms with van der Waals surface area (Å²) in [7, 11) is 0. The highest BCUT2D eigenvalue weighted by atomic mass is 16.3. The molecule has 1 aromatic rings. The Kier molecular flexibility index (Phi) is 5.49. The molecule has 2 aliphatic rings. The van der Waals surface area contributed by atoms with Gasteiger partial charge >= 0.3 is 0 Å². The molecule has 0 saturated carbocycles. The van der Waals surface area contributed by atoms with Crippen LogP contribution < -0.4 is 0 Å². The molecule has 0 radical (unpaired) electrons. The van der Waals surface area contributed by atoms with Crippen LogP contribution in [0.5, 0.6) is 0 Å². The third-order valence-electron chi connectivity index (χ3n) is 5.65. The molecule has 0 aromatic heterocycles. The van der Waals surface area contributed by atoms with Crippen LogP contribution >= 0.6 is 0 Å². The number of piperidine rings is 1. The van der Waals surface area contributed by atoms with Crippen LogP contribution in [0.2, 0.25) is 0 Å². The van der Waals surface area contributed by atoms with Crippen molar-refractivity contribution in [1.82, 2.24) is 9.80 Å². The fourth-order valence-electron chi connectivity index (χ4n) is 3.98. The number of hydrogen-bond acceptors (Lipinski definition) is 3. The van der Waals surface area contributed by atoms with Crippen LogP contribution in [-0.2, 0) is 10.2 Å². The molecular weight excluding hydrogens is 312 g/mol. The van der Waals surface area contributed by atoms with E-state index >= 15 is 0 Å². The summed E-state index contributed by atoms with van der Waals surface area (Å²) in [5.74, 6) is 0.235. The Hall–Kier alpha value is -1.39. The van der Waals surface area contributed by atoms with Gasteiger partial charge in [0.15, 0.2) is 0 Å². The summed E-state index contributed by atoms with van der Waals surface area (Å²) in [4.78, 5) is 17.1. The summed E-state index contributed by atoms with van der Waals surface area (Å²) in [6.45, 7) is 9.68. The van der Waals surface area contributed by atoms with Crippen molar-refractivity contribution in [3.05, 3.63) is 35.4 Å². The number of carbonyl (C=O) groups is 1. The maximum absolute atomic E-state index is 12.8. The molecule has 1 amide bonds. The van der Waals surface area contributed by atoms with Crippen molar-refractivity contribution in [3.63, 3.8) is 0 Å². The molecule has 4 heteroatoms. The van der Waals surface area contributed by atoms with E-state index in [9.17, 15) is 9.90 Å². The number of amides is 1. The average molecular weight is 344 g/mol. The Morgan fingerprint density at radius 1 is 1.08 bits per heavy atom. The van der Waals surface area contributed by atoms with Gasteiger partial charge in [-0.3, -0.25) is 9.69 Å². The van der Waals surface area contributed by atoms with Gasteiger partial charge in [-0.15, -0.1) is 0 Å². The van der Waals surface area contributed by atoms with E-state index in [1.807, 2.05) is 0 Å². The highest BCUT2D eigenvalue weighted by Gasteiger charge is 2.31. The molecule has 0 spiro atoms. The maximum atomic E-state index is 12.8. The van der Waals surface area contributed by atoms with Gasteiger partial charge in [0.2, 0.25) is 5.91 Å². The van der Waals surface area contributed by atoms with Gasteiger partial charge in [-0.25, -0.2) is 0 Å². The summed E-state index contributed by atoms with van der Waals surface area (Å²) in [5.41, 5.74) is 2.75. The fourth-order valence-corrected chi connectivity index (χ4v) is 3.98. The van der Waals surface area contributed by atoms with E-state index in [0.717, 1.165) is 45.3 Å². The van der Waals surface area contributed by atoms with Gasteiger partial charge in [-0.2, -0.15) is 0 Å². The van der Waals surface area contributed by atoms with Crippen molar-refractivity contribution in [2.45, 2.75) is 64.0 Å². The van der Waals surface area contributed by atoms with Crippen LogP contribution in [0.3, 0.4) is 0 Å². The molecule has 1 N–H and O–H groups in total. The van der Waals surface area contributed by atoms with Crippen molar-refractivity contribution < 1.29 is 9.90 Å². The molecule has 1 unspecified atom stereocenters. The zero-order valence-corrected chi connectivity index (χ0v) is 15.9. The lowest BCUT2D eigenvalue weighted by atomic mass is 9.86. The van der Waals surface area contributed by atoms with E-state index in [1.54, 1.807) is 0 Å². The highest BCUT2D eigenvalue weighted by molar-refractivity contribution is 5.79. The lowest BCUT2D eigenvalue weighted by Crippen LogP contribution is -2.44. The SMILES string of the molecule is CC(C)(C)c1ccc(C2CCCN2C(=O)CN2CCC(O)CC2)cc1. The number of rotatable bonds is 3. The molecule has 138 valence electrons. The van der Waals surface area contributed by atoms with Crippen molar-refractivity contribution in [2.75, 3.05) is 26.2 Å². The van der Waals surface area contributed by atoms with Gasteiger partial charge in [0, 0.05) is 19.6 Å². The number of aliphatic hydroxyl groups is 1. The van der Waals surface area contributed by atoms with Crippen molar-refractivity contribution in [2.24, 2.45) is 0 Å². The molecule has 2 heterocycles. The highest BCUT2D eigenvalue weighted by Crippen LogP contribution is 2.33. The fraction of sp³-hybridized carbons (Fsp3) is 0.667. The first kappa shape index (κ1) is 18.4. The molecule has 0 aliphatic carbocycles. The van der Waals surface area contributed by atoms with E-state index in [-0.39, 0.29) is 23.5 Å². The lowest BCUT2D eigenvalue weighted by molar-refractivity contribution is -0.133. The molecule has 0 bridgehead atoms. The molecule has 1 aromatic carbocycles. The zero-order chi connectivity index (χ0) is 18.0. The minimum Gasteiger partial charge on any atom is -0.393 e. The Morgan fingerprint density at radius 3 is 2.32 bits per heavy atom. The van der Waals surface area contributed by atoms with E-state index in [4.69, 9.17) is 0 Å². The summed E-state index contributed by atoms with van der Waals surface area (Å²) in [5, 5.41) is 9.62. The second-order valence-electron chi connectivity index (χ2n) is 8.62. The van der Waals surface area contributed by atoms with Gasteiger partial charge in [0.1, 0.15) is 0 Å². The Morgan fingerprint density at radius 2 is 1.72 bits per heavy atom. The third kappa shape index (κ3) is 4.42. The van der Waals surface area contributed by atoms with Gasteiger partial charge < -0.3 is 10.0 Å². The zero-order valence-electron chi connectivity index (χ0n) is 15.9. The normalized spacial score (nSPS) is 23.2. The Balaban J connectivity index is 1.64. The van der Waals surface area contributed by atoms with Crippen molar-refractivity contribution >= 4 is 5.91 Å². The average Bonchev–Trinajstić information content (AvgIpc) is 3.06. The number of aliphatic hydroxyl groups excluding tert-OH is 1. The van der Waals surface area contributed by atoms with Crippen LogP contribution in [0, 0.1) is 0 Å². The van der Waals surface area contributed by atoms with Crippen molar-refractivity contribution in [1.29, 1.82) is 0 Å². The van der Waals surface area contributed by atoms with Crippen LogP contribution in [0.15, 0.2) is 24.3 Å². The summed E-state index contributed by atoms with van der Waals surface area (Å²) in [6.07, 6.45) is 3.51. The summed E-state index contributed by atoms with van der Waals surface area (Å²) < 4.78 is 0. The molecular formula is C21H32N2O2. The predicted octanol–water partition coefficient (Wildman–Crippen LogP) is 3.10. The number of carbonyl (C=O) groups excluding carboxylic acids is 1. The van der Waals surface area contributed by atoms with Gasteiger partial charge in [0.25, 0.3) is 0 Å². The lowest BCUT2D eigenvalue weighted by Gasteiger charge is -2.32. The number of nitrogens with zero attached hydrogens (tertiary/aromatic N) is 2. The number of benzene rings is 1. The minimum atomic E-state index is -0.188. The van der Waals surface area contributed by atoms with Crippen LogP contribution in [0.4, 0.5) is 0 Å². The first-order chi connectivity index (χ1) is 11.8. The first-order valence-electron chi connectivity index (χ1n) is 9.65. The molecule has 1 atom stereocenters. The molecule has 25 heavy (non-hydrogen) atoms. The molecule has 4 nitrogen and oxygen atoms in total. The molecule has 2 fully saturated rings. The van der Waals surface area contributed by atoms with Gasteiger partial charge in [-0.05, 0) is 42.2 Å². The van der Waals surface area contributed by atoms with E-state index < -0.39 is 0 Å². The van der Waals surface area contributed by atoms with E-state index in [1.165, 1.54) is 11.1 Å². The molecule has 2 saturated heterocycles. The standard InChI is InChI=1S/C21H32N2O2/c1-21(2,3)17-8-6-16(7-9-17)19-5-4-12-23(19)20(25)15-22-13-10-18(24)11-14-22/h6-9,18-19,24H,4-5,10-15H2,1-3H3. The van der Waals surface area contributed by atoms with Gasteiger partial charge in [-0.1, -0.05) is 45.0 Å². The number of hydrogen-bond donors (Lipinski definition) is 1. The minimum absolute atomic E-state index is 0.155. The van der Waals surface area contributed by atoms with Crippen LogP contribution in [0.1, 0.15) is 63.6 Å². The first-order valence-corrected chi connectivity index (χ1v) is 9.65. The van der Waals surface area contributed by atoms with Crippen LogP contribution in [-0.4, -0.2) is 53.1 Å². The van der Waals surface area contributed by atoms with Crippen LogP contribution in [0.25, 0.3) is 0 Å². The third-order valence-corrected chi connectivity index (χ3v) is 5.65. The quantitative estimate of drug-likeness (QED) is 0.916. The Labute approximate surface area is 151 Å². The second kappa shape index (κ2) is 7.46. The number of likely N-dealkylation sites (tertiary alicyclic amines) is 2. The topological polar surface area (TPSA) is 43.8 Å². The van der Waals surface area contributed by atoms with Crippen molar-refractivity contribution in [3.8, 4) is 0 Å². The van der Waals surface area contributed by atoms with E-state index in [0.29, 0.717) is 6.54 Å². The van der Waals surface area contributed by atoms with E-state index in [2.05, 4.69) is 54.8 Å². The largest absolute Gasteiger partial charge is 0.393 e. The second-order valence-corrected chi connectivity index (χ2v) is 8.62. The molecule has 2 aliphatic heterocycles. The predicted molar refractivity (Wildman–Crippen MR) is 101 cm³/mol. The van der Waals surface area contributed by atoms with Gasteiger partial charge in [0.05, 0.1) is 18.7 Å². The summed E-state index contributed by atoms with van der Waals surface area (Å²) >= 11 is 0. The monoisotopic (exact) mass is 344 g/mol.